The lowest BCUT2D eigenvalue weighted by Gasteiger charge is -1.84. The van der Waals surface area contributed by atoms with Crippen molar-refractivity contribution in [3.05, 3.63) is 35.9 Å². The third-order valence-corrected chi connectivity index (χ3v) is 1.84. The quantitative estimate of drug-likeness (QED) is 0.414. The van der Waals surface area contributed by atoms with Crippen molar-refractivity contribution in [2.24, 2.45) is 0 Å². The molecule has 12 heavy (non-hydrogen) atoms. The minimum Gasteiger partial charge on any atom is -0.356 e. The van der Waals surface area contributed by atoms with Crippen LogP contribution in [0.1, 0.15) is 12.5 Å². The second kappa shape index (κ2) is 3.00. The molecule has 0 unspecified atom stereocenters. The molecule has 60 valence electrons. The molecule has 1 heterocycles. The number of hydrogen-bond acceptors (Lipinski definition) is 1. The fourth-order valence-electron chi connectivity index (χ4n) is 1.01. The molecule has 0 amide bonds. The van der Waals surface area contributed by atoms with Gasteiger partial charge in [-0.3, -0.25) is 0 Å². The minimum absolute atomic E-state index is 0.171. The molecule has 1 aliphatic rings. The zero-order chi connectivity index (χ0) is 8.39. The van der Waals surface area contributed by atoms with Gasteiger partial charge in [0.05, 0.1) is 6.10 Å². The molecule has 2 atom stereocenters. The lowest BCUT2D eigenvalue weighted by molar-refractivity contribution is 0.403. The van der Waals surface area contributed by atoms with Crippen LogP contribution in [0.4, 0.5) is 0 Å². The van der Waals surface area contributed by atoms with Crippen molar-refractivity contribution in [2.45, 2.75) is 19.1 Å². The largest absolute Gasteiger partial charge is 0.356 e. The van der Waals surface area contributed by atoms with Gasteiger partial charge in [-0.15, -0.1) is 0 Å². The monoisotopic (exact) mass is 158 g/mol. The highest BCUT2D eigenvalue weighted by atomic mass is 16.6. The van der Waals surface area contributed by atoms with Crippen molar-refractivity contribution in [1.82, 2.24) is 0 Å². The van der Waals surface area contributed by atoms with E-state index in [0.717, 1.165) is 5.56 Å². The summed E-state index contributed by atoms with van der Waals surface area (Å²) in [6.07, 6.45) is 0.506. The van der Waals surface area contributed by atoms with E-state index in [1.165, 1.54) is 0 Å². The van der Waals surface area contributed by atoms with Crippen LogP contribution in [0, 0.1) is 11.8 Å². The highest BCUT2D eigenvalue weighted by molar-refractivity contribution is 5.35. The molecule has 0 aromatic heterocycles. The van der Waals surface area contributed by atoms with E-state index < -0.39 is 0 Å². The number of benzene rings is 1. The van der Waals surface area contributed by atoms with Gasteiger partial charge in [-0.2, -0.15) is 0 Å². The molecular weight excluding hydrogens is 148 g/mol. The predicted molar refractivity (Wildman–Crippen MR) is 47.7 cm³/mol. The van der Waals surface area contributed by atoms with Gasteiger partial charge in [0.15, 0.2) is 0 Å². The van der Waals surface area contributed by atoms with Crippen LogP contribution in [0.5, 0.6) is 0 Å². The highest BCUT2D eigenvalue weighted by Crippen LogP contribution is 2.19. The third-order valence-electron chi connectivity index (χ3n) is 1.84. The SMILES string of the molecule is C[C@@H]1O[C@H]1C#Cc1ccccc1. The zero-order valence-electron chi connectivity index (χ0n) is 6.95. The van der Waals surface area contributed by atoms with Crippen LogP contribution in [0.25, 0.3) is 0 Å². The molecule has 0 bridgehead atoms. The Labute approximate surface area is 72.4 Å². The van der Waals surface area contributed by atoms with Crippen LogP contribution in [0.2, 0.25) is 0 Å². The van der Waals surface area contributed by atoms with E-state index >= 15 is 0 Å². The van der Waals surface area contributed by atoms with Crippen molar-refractivity contribution >= 4 is 0 Å². The molecule has 1 aromatic carbocycles. The Bertz CT molecular complexity index is 318. The predicted octanol–water partition coefficient (Wildman–Crippen LogP) is 1.83. The van der Waals surface area contributed by atoms with Gasteiger partial charge < -0.3 is 4.74 Å². The first-order chi connectivity index (χ1) is 5.86. The summed E-state index contributed by atoms with van der Waals surface area (Å²) >= 11 is 0. The fourth-order valence-corrected chi connectivity index (χ4v) is 1.01. The molecule has 0 radical (unpaired) electrons. The van der Waals surface area contributed by atoms with Crippen LogP contribution in [-0.4, -0.2) is 12.2 Å². The maximum Gasteiger partial charge on any atom is 0.144 e. The summed E-state index contributed by atoms with van der Waals surface area (Å²) in [7, 11) is 0. The maximum atomic E-state index is 5.16. The summed E-state index contributed by atoms with van der Waals surface area (Å²) in [6, 6.07) is 9.96. The highest BCUT2D eigenvalue weighted by Gasteiger charge is 2.31. The van der Waals surface area contributed by atoms with Gasteiger partial charge in [-0.25, -0.2) is 0 Å². The molecule has 1 fully saturated rings. The second-order valence-corrected chi connectivity index (χ2v) is 2.90. The van der Waals surface area contributed by atoms with Crippen LogP contribution in [0.15, 0.2) is 30.3 Å². The Morgan fingerprint density at radius 1 is 1.25 bits per heavy atom. The van der Waals surface area contributed by atoms with Crippen molar-refractivity contribution < 1.29 is 4.74 Å². The van der Waals surface area contributed by atoms with Crippen molar-refractivity contribution in [1.29, 1.82) is 0 Å². The van der Waals surface area contributed by atoms with Gasteiger partial charge >= 0.3 is 0 Å². The molecule has 1 nitrogen and oxygen atoms in total. The van der Waals surface area contributed by atoms with Gasteiger partial charge in [0.1, 0.15) is 6.10 Å². The van der Waals surface area contributed by atoms with E-state index in [2.05, 4.69) is 11.8 Å². The summed E-state index contributed by atoms with van der Waals surface area (Å²) in [6.45, 7) is 2.03. The minimum atomic E-state index is 0.171. The van der Waals surface area contributed by atoms with E-state index in [1.807, 2.05) is 37.3 Å². The van der Waals surface area contributed by atoms with Gasteiger partial charge in [0.2, 0.25) is 0 Å². The van der Waals surface area contributed by atoms with E-state index in [9.17, 15) is 0 Å². The van der Waals surface area contributed by atoms with Crippen molar-refractivity contribution in [3.63, 3.8) is 0 Å². The molecule has 0 spiro atoms. The fraction of sp³-hybridized carbons (Fsp3) is 0.273. The molecule has 1 aliphatic heterocycles. The van der Waals surface area contributed by atoms with Gasteiger partial charge in [-0.1, -0.05) is 30.0 Å². The Balaban J connectivity index is 2.06. The van der Waals surface area contributed by atoms with Gasteiger partial charge in [-0.05, 0) is 19.1 Å². The molecular formula is C11H10O. The first-order valence-corrected chi connectivity index (χ1v) is 4.08. The normalized spacial score (nSPS) is 25.8. The Morgan fingerprint density at radius 2 is 1.92 bits per heavy atom. The first-order valence-electron chi connectivity index (χ1n) is 4.08. The second-order valence-electron chi connectivity index (χ2n) is 2.90. The van der Waals surface area contributed by atoms with Crippen LogP contribution >= 0.6 is 0 Å². The van der Waals surface area contributed by atoms with Gasteiger partial charge in [0, 0.05) is 5.56 Å². The van der Waals surface area contributed by atoms with E-state index in [-0.39, 0.29) is 6.10 Å². The average Bonchev–Trinajstić information content (AvgIpc) is 2.81. The van der Waals surface area contributed by atoms with Gasteiger partial charge in [0.25, 0.3) is 0 Å². The summed E-state index contributed by atoms with van der Waals surface area (Å²) in [5, 5.41) is 0. The van der Waals surface area contributed by atoms with E-state index in [0.29, 0.717) is 6.10 Å². The van der Waals surface area contributed by atoms with Crippen LogP contribution in [-0.2, 0) is 4.74 Å². The van der Waals surface area contributed by atoms with Crippen molar-refractivity contribution in [3.8, 4) is 11.8 Å². The number of ether oxygens (including phenoxy) is 1. The lowest BCUT2D eigenvalue weighted by atomic mass is 10.2. The molecule has 1 heteroatoms. The number of epoxide rings is 1. The van der Waals surface area contributed by atoms with Crippen LogP contribution < -0.4 is 0 Å². The lowest BCUT2D eigenvalue weighted by Crippen LogP contribution is -1.82. The van der Waals surface area contributed by atoms with Crippen molar-refractivity contribution in [2.75, 3.05) is 0 Å². The van der Waals surface area contributed by atoms with Crippen LogP contribution in [0.3, 0.4) is 0 Å². The summed E-state index contributed by atoms with van der Waals surface area (Å²) < 4.78 is 5.16. The standard InChI is InChI=1S/C11H10O/c1-9-11(12-9)8-7-10-5-3-2-4-6-10/h2-6,9,11H,1H3/t9-,11-/m0/s1. The smallest absolute Gasteiger partial charge is 0.144 e. The third kappa shape index (κ3) is 1.66. The Morgan fingerprint density at radius 3 is 2.50 bits per heavy atom. The first kappa shape index (κ1) is 7.39. The molecule has 0 N–H and O–H groups in total. The topological polar surface area (TPSA) is 12.5 Å². The average molecular weight is 158 g/mol. The molecule has 1 saturated heterocycles. The summed E-state index contributed by atoms with van der Waals surface area (Å²) in [4.78, 5) is 0. The molecule has 0 saturated carbocycles. The maximum absolute atomic E-state index is 5.16. The number of hydrogen-bond donors (Lipinski definition) is 0. The Kier molecular flexibility index (Phi) is 1.85. The molecule has 1 aromatic rings. The Hall–Kier alpha value is -1.26. The number of rotatable bonds is 0. The molecule has 0 aliphatic carbocycles. The summed E-state index contributed by atoms with van der Waals surface area (Å²) in [5.74, 6) is 6.11. The zero-order valence-corrected chi connectivity index (χ0v) is 6.95. The van der Waals surface area contributed by atoms with E-state index in [1.54, 1.807) is 0 Å². The summed E-state index contributed by atoms with van der Waals surface area (Å²) in [5.41, 5.74) is 1.06. The van der Waals surface area contributed by atoms with E-state index in [4.69, 9.17) is 4.74 Å². The molecule has 2 rings (SSSR count).